The summed E-state index contributed by atoms with van der Waals surface area (Å²) < 4.78 is 3.23. The summed E-state index contributed by atoms with van der Waals surface area (Å²) in [6, 6.07) is 15.1. The lowest BCUT2D eigenvalue weighted by atomic mass is 10.1. The Morgan fingerprint density at radius 3 is 2.78 bits per heavy atom. The molecule has 6 nitrogen and oxygen atoms in total. The van der Waals surface area contributed by atoms with E-state index in [0.29, 0.717) is 22.4 Å². The Bertz CT molecular complexity index is 1280. The van der Waals surface area contributed by atoms with E-state index in [0.717, 1.165) is 12.1 Å². The van der Waals surface area contributed by atoms with Gasteiger partial charge in [0.15, 0.2) is 0 Å². The summed E-state index contributed by atoms with van der Waals surface area (Å²) in [6.45, 7) is 2.04. The quantitative estimate of drug-likeness (QED) is 0.526. The molecule has 4 heterocycles. The molecule has 0 saturated heterocycles. The van der Waals surface area contributed by atoms with Crippen LogP contribution < -0.4 is 10.5 Å². The van der Waals surface area contributed by atoms with E-state index in [4.69, 9.17) is 0 Å². The van der Waals surface area contributed by atoms with Crippen molar-refractivity contribution in [3.8, 4) is 0 Å². The Morgan fingerprint density at radius 1 is 1.15 bits per heavy atom. The maximum atomic E-state index is 13.4. The average molecular weight is 358 g/mol. The van der Waals surface area contributed by atoms with Crippen molar-refractivity contribution in [2.24, 2.45) is 7.05 Å². The molecule has 1 aliphatic heterocycles. The molecule has 0 fully saturated rings. The van der Waals surface area contributed by atoms with Gasteiger partial charge in [0.05, 0.1) is 5.39 Å². The first kappa shape index (κ1) is 15.8. The molecule has 0 saturated carbocycles. The monoisotopic (exact) mass is 358 g/mol. The van der Waals surface area contributed by atoms with Crippen LogP contribution >= 0.6 is 0 Å². The Balaban J connectivity index is 1.71. The topological polar surface area (TPSA) is 59.6 Å². The standard InChI is InChI=1S/C21H18N4O2/c1-13-11-14-7-3-4-8-16(14)25(13)21(27)17-12-15-19(23(17)2)22-18-9-5-6-10-24(18)20(15)26/h3-10,12-13H,11H2,1-2H3/t13-/m1/s1. The number of hydrogen-bond acceptors (Lipinski definition) is 3. The maximum Gasteiger partial charge on any atom is 0.275 e. The molecule has 1 amide bonds. The van der Waals surface area contributed by atoms with E-state index in [9.17, 15) is 9.59 Å². The number of rotatable bonds is 1. The van der Waals surface area contributed by atoms with Crippen molar-refractivity contribution in [3.05, 3.63) is 76.3 Å². The number of nitrogens with zero attached hydrogens (tertiary/aromatic N) is 4. The molecule has 0 unspecified atom stereocenters. The number of hydrogen-bond donors (Lipinski definition) is 0. The van der Waals surface area contributed by atoms with Crippen LogP contribution in [0, 0.1) is 0 Å². The summed E-state index contributed by atoms with van der Waals surface area (Å²) >= 11 is 0. The summed E-state index contributed by atoms with van der Waals surface area (Å²) in [5.74, 6) is -0.110. The predicted molar refractivity (Wildman–Crippen MR) is 104 cm³/mol. The fraction of sp³-hybridized carbons (Fsp3) is 0.190. The smallest absolute Gasteiger partial charge is 0.275 e. The molecule has 0 N–H and O–H groups in total. The first-order valence-electron chi connectivity index (χ1n) is 8.94. The zero-order valence-electron chi connectivity index (χ0n) is 15.1. The normalized spacial score (nSPS) is 16.2. The third-order valence-corrected chi connectivity index (χ3v) is 5.35. The fourth-order valence-corrected chi connectivity index (χ4v) is 4.02. The van der Waals surface area contributed by atoms with Gasteiger partial charge < -0.3 is 9.47 Å². The molecule has 1 aromatic carbocycles. The second-order valence-electron chi connectivity index (χ2n) is 7.03. The van der Waals surface area contributed by atoms with Gasteiger partial charge >= 0.3 is 0 Å². The van der Waals surface area contributed by atoms with Crippen LogP contribution in [0.15, 0.2) is 59.5 Å². The molecule has 1 atom stereocenters. The van der Waals surface area contributed by atoms with E-state index in [1.165, 1.54) is 9.96 Å². The number of fused-ring (bicyclic) bond motifs is 3. The molecule has 27 heavy (non-hydrogen) atoms. The fourth-order valence-electron chi connectivity index (χ4n) is 4.02. The molecule has 1 aliphatic rings. The minimum Gasteiger partial charge on any atom is -0.324 e. The second kappa shape index (κ2) is 5.54. The third kappa shape index (κ3) is 2.16. The van der Waals surface area contributed by atoms with Gasteiger partial charge in [-0.3, -0.25) is 14.0 Å². The summed E-state index contributed by atoms with van der Waals surface area (Å²) in [6.07, 6.45) is 2.52. The summed E-state index contributed by atoms with van der Waals surface area (Å²) in [5.41, 5.74) is 3.50. The Morgan fingerprint density at radius 2 is 1.93 bits per heavy atom. The van der Waals surface area contributed by atoms with E-state index in [-0.39, 0.29) is 17.5 Å². The zero-order valence-corrected chi connectivity index (χ0v) is 15.1. The van der Waals surface area contributed by atoms with Gasteiger partial charge in [-0.25, -0.2) is 4.98 Å². The van der Waals surface area contributed by atoms with Crippen molar-refractivity contribution in [2.75, 3.05) is 4.90 Å². The number of amides is 1. The SMILES string of the molecule is C[C@@H]1Cc2ccccc2N1C(=O)c1cc2c(=O)n3ccccc3nc2n1C. The van der Waals surface area contributed by atoms with Crippen LogP contribution in [0.4, 0.5) is 5.69 Å². The van der Waals surface area contributed by atoms with Gasteiger partial charge in [-0.15, -0.1) is 0 Å². The van der Waals surface area contributed by atoms with Crippen molar-refractivity contribution < 1.29 is 4.79 Å². The molecule has 5 rings (SSSR count). The first-order chi connectivity index (χ1) is 13.1. The van der Waals surface area contributed by atoms with Gasteiger partial charge in [-0.2, -0.15) is 0 Å². The molecule has 3 aromatic heterocycles. The largest absolute Gasteiger partial charge is 0.324 e. The van der Waals surface area contributed by atoms with E-state index in [1.807, 2.05) is 36.1 Å². The van der Waals surface area contributed by atoms with E-state index >= 15 is 0 Å². The Kier molecular flexibility index (Phi) is 3.25. The van der Waals surface area contributed by atoms with Crippen LogP contribution in [-0.4, -0.2) is 25.9 Å². The van der Waals surface area contributed by atoms with E-state index in [1.54, 1.807) is 36.0 Å². The zero-order chi connectivity index (χ0) is 18.7. The van der Waals surface area contributed by atoms with E-state index in [2.05, 4.69) is 11.1 Å². The second-order valence-corrected chi connectivity index (χ2v) is 7.03. The van der Waals surface area contributed by atoms with Crippen LogP contribution in [-0.2, 0) is 13.5 Å². The molecular formula is C21H18N4O2. The van der Waals surface area contributed by atoms with Gasteiger partial charge in [0, 0.05) is 25.0 Å². The average Bonchev–Trinajstić information content (AvgIpc) is 3.18. The predicted octanol–water partition coefficient (Wildman–Crippen LogP) is 2.78. The highest BCUT2D eigenvalue weighted by Crippen LogP contribution is 2.33. The van der Waals surface area contributed by atoms with Gasteiger partial charge in [-0.1, -0.05) is 24.3 Å². The molecule has 134 valence electrons. The highest BCUT2D eigenvalue weighted by Gasteiger charge is 2.33. The molecule has 4 aromatic rings. The summed E-state index contributed by atoms with van der Waals surface area (Å²) in [4.78, 5) is 32.6. The number of para-hydroxylation sites is 1. The Labute approximate surface area is 155 Å². The molecule has 0 radical (unpaired) electrons. The van der Waals surface area contributed by atoms with Crippen molar-refractivity contribution in [3.63, 3.8) is 0 Å². The van der Waals surface area contributed by atoms with Crippen LogP contribution in [0.2, 0.25) is 0 Å². The maximum absolute atomic E-state index is 13.4. The molecule has 0 spiro atoms. The number of anilines is 1. The molecule has 6 heteroatoms. The minimum absolute atomic E-state index is 0.0704. The number of carbonyl (C=O) groups is 1. The summed E-state index contributed by atoms with van der Waals surface area (Å²) in [7, 11) is 1.79. The van der Waals surface area contributed by atoms with E-state index < -0.39 is 0 Å². The van der Waals surface area contributed by atoms with Crippen molar-refractivity contribution in [1.82, 2.24) is 14.0 Å². The third-order valence-electron chi connectivity index (χ3n) is 5.35. The number of aryl methyl sites for hydroxylation is 1. The van der Waals surface area contributed by atoms with Crippen molar-refractivity contribution >= 4 is 28.3 Å². The van der Waals surface area contributed by atoms with Gasteiger partial charge in [-0.05, 0) is 43.2 Å². The lowest BCUT2D eigenvalue weighted by Gasteiger charge is -2.22. The van der Waals surface area contributed by atoms with Crippen molar-refractivity contribution in [1.29, 1.82) is 0 Å². The number of pyridine rings is 1. The van der Waals surface area contributed by atoms with Crippen LogP contribution in [0.25, 0.3) is 16.7 Å². The van der Waals surface area contributed by atoms with Crippen LogP contribution in [0.5, 0.6) is 0 Å². The first-order valence-corrected chi connectivity index (χ1v) is 8.94. The van der Waals surface area contributed by atoms with Gasteiger partial charge in [0.1, 0.15) is 17.0 Å². The lowest BCUT2D eigenvalue weighted by Crippen LogP contribution is -2.36. The lowest BCUT2D eigenvalue weighted by molar-refractivity contribution is 0.0974. The number of aromatic nitrogens is 3. The molecule has 0 bridgehead atoms. The van der Waals surface area contributed by atoms with Gasteiger partial charge in [0.25, 0.3) is 11.5 Å². The highest BCUT2D eigenvalue weighted by atomic mass is 16.2. The molecule has 0 aliphatic carbocycles. The highest BCUT2D eigenvalue weighted by molar-refractivity contribution is 6.09. The number of carbonyl (C=O) groups excluding carboxylic acids is 1. The summed E-state index contributed by atoms with van der Waals surface area (Å²) in [5, 5.41) is 0.449. The van der Waals surface area contributed by atoms with Crippen molar-refractivity contribution in [2.45, 2.75) is 19.4 Å². The Hall–Kier alpha value is -3.41. The number of benzene rings is 1. The van der Waals surface area contributed by atoms with Gasteiger partial charge in [0.2, 0.25) is 0 Å². The van der Waals surface area contributed by atoms with Crippen LogP contribution in [0.1, 0.15) is 23.0 Å². The minimum atomic E-state index is -0.167. The molecular weight excluding hydrogens is 340 g/mol. The van der Waals surface area contributed by atoms with Crippen LogP contribution in [0.3, 0.4) is 0 Å².